The van der Waals surface area contributed by atoms with Gasteiger partial charge in [-0.1, -0.05) is 77.1 Å². The zero-order valence-electron chi connectivity index (χ0n) is 42.1. The summed E-state index contributed by atoms with van der Waals surface area (Å²) in [7, 11) is 0. The lowest BCUT2D eigenvalue weighted by molar-refractivity contribution is 0.0522. The molecule has 0 saturated carbocycles. The number of hydrogen-bond acceptors (Lipinski definition) is 16. The maximum Gasteiger partial charge on any atom is 0.435 e. The fourth-order valence-electron chi connectivity index (χ4n) is 7.42. The third-order valence-corrected chi connectivity index (χ3v) is 14.4. The van der Waals surface area contributed by atoms with Crippen LogP contribution < -0.4 is 16.4 Å². The van der Waals surface area contributed by atoms with Crippen molar-refractivity contribution in [2.45, 2.75) is 60.6 Å². The Bertz CT molecular complexity index is 3740. The second-order valence-corrected chi connectivity index (χ2v) is 22.7. The molecular weight excluding hydrogens is 1230 g/mol. The van der Waals surface area contributed by atoms with E-state index in [1.807, 2.05) is 105 Å². The highest BCUT2D eigenvalue weighted by Gasteiger charge is 2.20. The number of aromatic carboxylic acids is 1. The number of nitrogens with one attached hydrogen (secondary N) is 3. The number of Topliss-reactive ketones (excluding diaryl/α,β-unsaturated/α-hetero) is 1. The number of halogens is 4. The smallest absolute Gasteiger partial charge is 0.435 e. The molecule has 23 heteroatoms. The zero-order chi connectivity index (χ0) is 55.5. The number of nitrogens with zero attached hydrogens (tertiary/aromatic N) is 7. The normalized spacial score (nSPS) is 13.2. The number of ether oxygens (including phenoxy) is 2. The number of rotatable bonds is 7. The third kappa shape index (κ3) is 17.3. The van der Waals surface area contributed by atoms with Gasteiger partial charge in [-0.3, -0.25) is 9.79 Å². The topological polar surface area (TPSA) is 238 Å². The van der Waals surface area contributed by atoms with Gasteiger partial charge in [0.05, 0.1) is 40.8 Å². The van der Waals surface area contributed by atoms with Gasteiger partial charge in [-0.25, -0.2) is 24.5 Å². The van der Waals surface area contributed by atoms with Crippen LogP contribution in [0.4, 0.5) is 27.8 Å². The average molecular weight is 1290 g/mol. The lowest BCUT2D eigenvalue weighted by Crippen LogP contribution is -2.27. The van der Waals surface area contributed by atoms with E-state index in [1.54, 1.807) is 48.9 Å². The fourth-order valence-corrected chi connectivity index (χ4v) is 10.3. The molecule has 12 rings (SSSR count). The predicted octanol–water partition coefficient (Wildman–Crippen LogP) is 16.1. The minimum atomic E-state index is -0.864. The predicted molar refractivity (Wildman–Crippen MR) is 335 cm³/mol. The van der Waals surface area contributed by atoms with Gasteiger partial charge < -0.3 is 35.9 Å². The summed E-state index contributed by atoms with van der Waals surface area (Å²) < 4.78 is 15.5. The van der Waals surface area contributed by atoms with Gasteiger partial charge in [0, 0.05) is 73.3 Å². The van der Waals surface area contributed by atoms with Crippen molar-refractivity contribution in [3.8, 4) is 0 Å². The van der Waals surface area contributed by atoms with Crippen LogP contribution in [0.2, 0.25) is 10.6 Å². The molecule has 6 aromatic heterocycles. The zero-order valence-corrected chi connectivity index (χ0v) is 48.4. The molecule has 1 atom stereocenters. The highest BCUT2D eigenvalue weighted by Crippen LogP contribution is 2.31. The molecule has 0 spiro atoms. The number of fused-ring (bicyclic) bond motifs is 4. The Morgan fingerprint density at radius 3 is 2.25 bits per heavy atom. The van der Waals surface area contributed by atoms with Crippen molar-refractivity contribution in [3.63, 3.8) is 0 Å². The number of nitrogens with two attached hydrogens (primary N) is 1. The molecule has 0 amide bonds. The van der Waals surface area contributed by atoms with Crippen LogP contribution >= 0.6 is 77.7 Å². The van der Waals surface area contributed by atoms with Crippen LogP contribution in [-0.2, 0) is 9.47 Å². The summed E-state index contributed by atoms with van der Waals surface area (Å²) in [4.78, 5) is 57.9. The Labute approximate surface area is 497 Å². The number of carbonyl (C=O) groups is 3. The second kappa shape index (κ2) is 28.5. The standard InChI is InChI=1S/C16H16ClN5O2.C16H11ClN4S.C10H8BrNO.C9H5BrO2S.C4H9NO.2CH4/c1-16(2,3)24-15(23)22-12-5-4-11(8-10(12)9-19-22)20-13-6-7-18-14(17)21-13;17-16-20-13-6-8-22-14(13)15(21-16)19-12-3-1-10(2-4-12)11-5-7-18-9-11;1-6(13)9-4-7-2-3-8(11)5-10(7)12-9;10-6-2-1-5-3-8(9(11)12)13-7(5)4-6;5-4-1-2-6-3-4;;/h4-9H,1-3H3,(H,18,20,21);1-6,8-9H,7H2,(H,19,20,21);2-5,12H,1H3;1-4H,(H,11,12);4H,1-3,5H2;2*1H4. The highest BCUT2D eigenvalue weighted by atomic mass is 79.9. The molecule has 17 nitrogen and oxygen atoms in total. The number of ketones is 1. The highest BCUT2D eigenvalue weighted by molar-refractivity contribution is 9.10. The molecule has 1 saturated heterocycles. The lowest BCUT2D eigenvalue weighted by Gasteiger charge is -2.19. The van der Waals surface area contributed by atoms with Gasteiger partial charge in [-0.2, -0.15) is 14.8 Å². The summed E-state index contributed by atoms with van der Waals surface area (Å²) in [5, 5.41) is 24.5. The van der Waals surface area contributed by atoms with Crippen LogP contribution in [0.5, 0.6) is 0 Å². The molecule has 0 bridgehead atoms. The number of carboxylic acid groups (broad SMARTS) is 1. The van der Waals surface area contributed by atoms with Gasteiger partial charge in [0.15, 0.2) is 11.6 Å². The first kappa shape index (κ1) is 62.3. The fraction of sp³-hybridized carbons (Fsp3) is 0.211. The van der Waals surface area contributed by atoms with Gasteiger partial charge in [0.1, 0.15) is 16.3 Å². The van der Waals surface area contributed by atoms with E-state index in [-0.39, 0.29) is 31.2 Å². The first-order chi connectivity index (χ1) is 37.3. The van der Waals surface area contributed by atoms with Gasteiger partial charge in [0.2, 0.25) is 10.6 Å². The van der Waals surface area contributed by atoms with E-state index in [1.165, 1.54) is 16.0 Å². The quantitative estimate of drug-likeness (QED) is 0.0737. The summed E-state index contributed by atoms with van der Waals surface area (Å²) in [6, 6.07) is 32.8. The molecule has 8 heterocycles. The number of aromatic amines is 1. The second-order valence-electron chi connectivity index (χ2n) is 18.2. The third-order valence-electron chi connectivity index (χ3n) is 11.1. The first-order valence-electron chi connectivity index (χ1n) is 23.8. The molecule has 2 aliphatic heterocycles. The van der Waals surface area contributed by atoms with E-state index in [4.69, 9.17) is 43.5 Å². The van der Waals surface area contributed by atoms with Gasteiger partial charge in [-0.15, -0.1) is 22.7 Å². The number of anilines is 4. The number of benzene rings is 4. The maximum absolute atomic E-state index is 12.2. The Hall–Kier alpha value is -6.95. The summed E-state index contributed by atoms with van der Waals surface area (Å²) in [6.07, 6.45) is 7.72. The van der Waals surface area contributed by atoms with Crippen LogP contribution in [0.1, 0.15) is 74.7 Å². The van der Waals surface area contributed by atoms with Crippen LogP contribution in [0, 0.1) is 0 Å². The molecular formula is C57H57Br2Cl2N11O6S2. The van der Waals surface area contributed by atoms with Crippen molar-refractivity contribution in [2.75, 3.05) is 30.4 Å². The molecule has 4 aromatic carbocycles. The Morgan fingerprint density at radius 1 is 0.863 bits per heavy atom. The van der Waals surface area contributed by atoms with Gasteiger partial charge in [-0.05, 0) is 151 Å². The Kier molecular flexibility index (Phi) is 22.1. The largest absolute Gasteiger partial charge is 0.477 e. The van der Waals surface area contributed by atoms with Crippen LogP contribution in [-0.4, -0.2) is 95.3 Å². The average Bonchev–Trinajstić information content (AvgIpc) is 4.27. The first-order valence-corrected chi connectivity index (χ1v) is 27.9. The van der Waals surface area contributed by atoms with E-state index in [9.17, 15) is 14.4 Å². The summed E-state index contributed by atoms with van der Waals surface area (Å²) in [5.74, 6) is 0.512. The van der Waals surface area contributed by atoms with E-state index < -0.39 is 17.7 Å². The molecule has 6 N–H and O–H groups in total. The number of carboxylic acids is 1. The van der Waals surface area contributed by atoms with Crippen LogP contribution in [0.25, 0.3) is 47.7 Å². The monoisotopic (exact) mass is 1280 g/mol. The Balaban J connectivity index is 0.000000169. The van der Waals surface area contributed by atoms with E-state index >= 15 is 0 Å². The number of allylic oxidation sites excluding steroid dienone is 1. The lowest BCUT2D eigenvalue weighted by atomic mass is 10.1. The molecule has 1 fully saturated rings. The number of H-pyrrole nitrogens is 1. The van der Waals surface area contributed by atoms with E-state index in [0.717, 1.165) is 100 Å². The summed E-state index contributed by atoms with van der Waals surface area (Å²) in [5.41, 5.74) is 12.1. The minimum Gasteiger partial charge on any atom is -0.477 e. The van der Waals surface area contributed by atoms with Crippen molar-refractivity contribution < 1.29 is 29.0 Å². The number of carbonyl (C=O) groups excluding carboxylic acids is 2. The van der Waals surface area contributed by atoms with E-state index in [2.05, 4.69) is 95.7 Å². The van der Waals surface area contributed by atoms with E-state index in [0.29, 0.717) is 27.9 Å². The number of thiophene rings is 2. The molecule has 0 radical (unpaired) electrons. The van der Waals surface area contributed by atoms with Crippen molar-refractivity contribution in [3.05, 3.63) is 163 Å². The molecule has 0 aliphatic carbocycles. The Morgan fingerprint density at radius 2 is 1.60 bits per heavy atom. The van der Waals surface area contributed by atoms with Crippen LogP contribution in [0.15, 0.2) is 141 Å². The van der Waals surface area contributed by atoms with Crippen molar-refractivity contribution in [1.29, 1.82) is 0 Å². The van der Waals surface area contributed by atoms with Gasteiger partial charge >= 0.3 is 12.1 Å². The minimum absolute atomic E-state index is 0. The van der Waals surface area contributed by atoms with Crippen molar-refractivity contribution in [2.24, 2.45) is 10.7 Å². The number of aromatic nitrogens is 7. The number of aliphatic imine (C=N–C) groups is 1. The van der Waals surface area contributed by atoms with Crippen LogP contribution in [0.3, 0.4) is 0 Å². The van der Waals surface area contributed by atoms with Gasteiger partial charge in [0.25, 0.3) is 0 Å². The van der Waals surface area contributed by atoms with Crippen molar-refractivity contribution >= 4 is 172 Å². The molecule has 2 aliphatic rings. The molecule has 1 unspecified atom stereocenters. The SMILES string of the molecule is C.C.CC(=O)c1cc2ccc(Br)cc2[nH]1.CC(C)(C)OC(=O)n1ncc2cc(Nc3ccnc(Cl)n3)ccc21.Clc1nc(Nc2ccc(C3=CCN=C3)cc2)c2sccc2n1.NC1CCOC1.O=C(O)c1cc2ccc(Br)cc2s1. The maximum atomic E-state index is 12.2. The molecule has 416 valence electrons. The number of hydrogen-bond donors (Lipinski definition) is 5. The molecule has 80 heavy (non-hydrogen) atoms. The summed E-state index contributed by atoms with van der Waals surface area (Å²) >= 11 is 21.3. The van der Waals surface area contributed by atoms with Crippen molar-refractivity contribution in [1.82, 2.24) is 34.7 Å². The molecule has 10 aromatic rings. The summed E-state index contributed by atoms with van der Waals surface area (Å²) in [6.45, 7) is 9.38.